The maximum Gasteiger partial charge on any atom is 0.343 e. The van der Waals surface area contributed by atoms with Crippen molar-refractivity contribution in [2.45, 2.75) is 44.6 Å². The first-order valence-corrected chi connectivity index (χ1v) is 9.00. The topological polar surface area (TPSA) is 83.0 Å². The highest BCUT2D eigenvalue weighted by Gasteiger charge is 2.25. The number of amides is 2. The Morgan fingerprint density at radius 2 is 1.92 bits per heavy atom. The Labute approximate surface area is 146 Å². The minimum absolute atomic E-state index is 0.0613. The van der Waals surface area contributed by atoms with Crippen LogP contribution in [0.3, 0.4) is 0 Å². The Morgan fingerprint density at radius 3 is 2.64 bits per heavy atom. The van der Waals surface area contributed by atoms with Gasteiger partial charge in [0, 0.05) is 24.8 Å². The lowest BCUT2D eigenvalue weighted by molar-refractivity contribution is 0.183. The van der Waals surface area contributed by atoms with E-state index in [1.54, 1.807) is 4.57 Å². The van der Waals surface area contributed by atoms with Crippen molar-refractivity contribution in [3.63, 3.8) is 0 Å². The minimum Gasteiger partial charge on any atom is -0.324 e. The number of fused-ring (bicyclic) bond motifs is 1. The molecular weight excluding hydrogens is 318 g/mol. The van der Waals surface area contributed by atoms with Gasteiger partial charge in [-0.2, -0.15) is 5.10 Å². The number of benzene rings is 1. The molecule has 0 saturated carbocycles. The molecule has 2 aliphatic rings. The van der Waals surface area contributed by atoms with Gasteiger partial charge in [-0.3, -0.25) is 4.57 Å². The molecule has 7 heteroatoms. The molecule has 25 heavy (non-hydrogen) atoms. The standard InChI is InChI=1S/C18H23N5O2/c24-17(20-15-6-5-13-3-1-2-4-14(13)11-15)22-9-7-16(8-10-22)23-12-19-21-18(23)25/h5-6,11-12,16H,1-4,7-10H2,(H,20,24)(H,21,25). The first-order chi connectivity index (χ1) is 12.2. The number of hydrogen-bond acceptors (Lipinski definition) is 3. The highest BCUT2D eigenvalue weighted by Crippen LogP contribution is 2.25. The third kappa shape index (κ3) is 3.31. The van der Waals surface area contributed by atoms with Gasteiger partial charge in [0.25, 0.3) is 0 Å². The van der Waals surface area contributed by atoms with Crippen molar-refractivity contribution in [3.05, 3.63) is 46.1 Å². The summed E-state index contributed by atoms with van der Waals surface area (Å²) in [5, 5.41) is 9.22. The van der Waals surface area contributed by atoms with Gasteiger partial charge in [0.2, 0.25) is 0 Å². The van der Waals surface area contributed by atoms with E-state index in [0.29, 0.717) is 13.1 Å². The highest BCUT2D eigenvalue weighted by molar-refractivity contribution is 5.89. The second kappa shape index (κ2) is 6.74. The van der Waals surface area contributed by atoms with Crippen molar-refractivity contribution >= 4 is 11.7 Å². The predicted octanol–water partition coefficient (Wildman–Crippen LogP) is 2.32. The fourth-order valence-corrected chi connectivity index (χ4v) is 3.88. The van der Waals surface area contributed by atoms with Crippen molar-refractivity contribution in [1.82, 2.24) is 19.7 Å². The number of nitrogens with one attached hydrogen (secondary N) is 2. The second-order valence-electron chi connectivity index (χ2n) is 6.91. The first-order valence-electron chi connectivity index (χ1n) is 9.00. The molecular formula is C18H23N5O2. The predicted molar refractivity (Wildman–Crippen MR) is 94.8 cm³/mol. The van der Waals surface area contributed by atoms with E-state index in [0.717, 1.165) is 31.4 Å². The summed E-state index contributed by atoms with van der Waals surface area (Å²) < 4.78 is 1.62. The summed E-state index contributed by atoms with van der Waals surface area (Å²) in [6.07, 6.45) is 7.79. The van der Waals surface area contributed by atoms with Crippen molar-refractivity contribution in [2.75, 3.05) is 18.4 Å². The van der Waals surface area contributed by atoms with E-state index < -0.39 is 0 Å². The molecule has 1 aromatic heterocycles. The zero-order valence-electron chi connectivity index (χ0n) is 14.2. The zero-order valence-corrected chi connectivity index (χ0v) is 14.2. The number of hydrogen-bond donors (Lipinski definition) is 2. The Hall–Kier alpha value is -2.57. The lowest BCUT2D eigenvalue weighted by atomic mass is 9.91. The van der Waals surface area contributed by atoms with Gasteiger partial charge in [0.05, 0.1) is 0 Å². The van der Waals surface area contributed by atoms with E-state index >= 15 is 0 Å². The molecule has 2 N–H and O–H groups in total. The molecule has 2 aromatic rings. The monoisotopic (exact) mass is 341 g/mol. The number of piperidine rings is 1. The van der Waals surface area contributed by atoms with Crippen molar-refractivity contribution < 1.29 is 4.79 Å². The van der Waals surface area contributed by atoms with Crippen molar-refractivity contribution in [2.24, 2.45) is 0 Å². The summed E-state index contributed by atoms with van der Waals surface area (Å²) in [6, 6.07) is 6.30. The number of rotatable bonds is 2. The van der Waals surface area contributed by atoms with Crippen LogP contribution < -0.4 is 11.0 Å². The molecule has 1 aliphatic heterocycles. The average Bonchev–Trinajstić information content (AvgIpc) is 3.08. The Kier molecular flexibility index (Phi) is 4.29. The van der Waals surface area contributed by atoms with Gasteiger partial charge in [-0.25, -0.2) is 14.7 Å². The van der Waals surface area contributed by atoms with Crippen LogP contribution in [0.4, 0.5) is 10.5 Å². The van der Waals surface area contributed by atoms with Crippen LogP contribution in [0.2, 0.25) is 0 Å². The molecule has 0 bridgehead atoms. The lowest BCUT2D eigenvalue weighted by Crippen LogP contribution is -2.42. The molecule has 1 aromatic carbocycles. The van der Waals surface area contributed by atoms with Crippen LogP contribution in [-0.2, 0) is 12.8 Å². The second-order valence-corrected chi connectivity index (χ2v) is 6.91. The molecule has 0 unspecified atom stereocenters. The highest BCUT2D eigenvalue weighted by atomic mass is 16.2. The number of nitrogens with zero attached hydrogens (tertiary/aromatic N) is 3. The van der Waals surface area contributed by atoms with Crippen LogP contribution in [-0.4, -0.2) is 38.8 Å². The molecule has 7 nitrogen and oxygen atoms in total. The van der Waals surface area contributed by atoms with Gasteiger partial charge in [0.1, 0.15) is 6.33 Å². The van der Waals surface area contributed by atoms with Crippen LogP contribution in [0.5, 0.6) is 0 Å². The van der Waals surface area contributed by atoms with Crippen molar-refractivity contribution in [1.29, 1.82) is 0 Å². The van der Waals surface area contributed by atoms with Crippen LogP contribution in [0.25, 0.3) is 0 Å². The fourth-order valence-electron chi connectivity index (χ4n) is 3.88. The van der Waals surface area contributed by atoms with E-state index in [2.05, 4.69) is 27.6 Å². The SMILES string of the molecule is O=C(Nc1ccc2c(c1)CCCC2)N1CCC(n2cn[nH]c2=O)CC1. The van der Waals surface area contributed by atoms with Crippen LogP contribution in [0.15, 0.2) is 29.3 Å². The third-order valence-electron chi connectivity index (χ3n) is 5.32. The van der Waals surface area contributed by atoms with E-state index in [-0.39, 0.29) is 17.8 Å². The Morgan fingerprint density at radius 1 is 1.16 bits per heavy atom. The van der Waals surface area contributed by atoms with Gasteiger partial charge in [0.15, 0.2) is 0 Å². The van der Waals surface area contributed by atoms with Gasteiger partial charge < -0.3 is 10.2 Å². The number of anilines is 1. The van der Waals surface area contributed by atoms with Crippen LogP contribution in [0.1, 0.15) is 42.9 Å². The summed E-state index contributed by atoms with van der Waals surface area (Å²) in [5.74, 6) is 0. The summed E-state index contributed by atoms with van der Waals surface area (Å²) in [6.45, 7) is 1.28. The molecule has 1 aliphatic carbocycles. The number of likely N-dealkylation sites (tertiary alicyclic amines) is 1. The molecule has 0 radical (unpaired) electrons. The van der Waals surface area contributed by atoms with E-state index in [9.17, 15) is 9.59 Å². The quantitative estimate of drug-likeness (QED) is 0.879. The number of aromatic amines is 1. The van der Waals surface area contributed by atoms with Gasteiger partial charge >= 0.3 is 11.7 Å². The number of aromatic nitrogens is 3. The largest absolute Gasteiger partial charge is 0.343 e. The molecule has 2 amide bonds. The number of carbonyl (C=O) groups is 1. The van der Waals surface area contributed by atoms with E-state index in [1.165, 1.54) is 30.3 Å². The van der Waals surface area contributed by atoms with Crippen LogP contribution >= 0.6 is 0 Å². The van der Waals surface area contributed by atoms with Gasteiger partial charge in [-0.15, -0.1) is 0 Å². The zero-order chi connectivity index (χ0) is 17.2. The Bertz CT molecular complexity index is 817. The van der Waals surface area contributed by atoms with Crippen LogP contribution in [0, 0.1) is 0 Å². The average molecular weight is 341 g/mol. The number of urea groups is 1. The van der Waals surface area contributed by atoms with Gasteiger partial charge in [-0.1, -0.05) is 6.07 Å². The molecule has 0 spiro atoms. The summed E-state index contributed by atoms with van der Waals surface area (Å²) in [5.41, 5.74) is 3.47. The molecule has 1 fully saturated rings. The normalized spacial score (nSPS) is 18.0. The molecule has 4 rings (SSSR count). The lowest BCUT2D eigenvalue weighted by Gasteiger charge is -2.32. The fraction of sp³-hybridized carbons (Fsp3) is 0.500. The number of carbonyl (C=O) groups excluding carboxylic acids is 1. The molecule has 2 heterocycles. The smallest absolute Gasteiger partial charge is 0.324 e. The maximum absolute atomic E-state index is 12.5. The molecule has 132 valence electrons. The minimum atomic E-state index is -0.183. The Balaban J connectivity index is 1.36. The third-order valence-corrected chi connectivity index (χ3v) is 5.32. The first kappa shape index (κ1) is 15.9. The van der Waals surface area contributed by atoms with E-state index in [4.69, 9.17) is 0 Å². The number of H-pyrrole nitrogens is 1. The molecule has 1 saturated heterocycles. The van der Waals surface area contributed by atoms with Crippen molar-refractivity contribution in [3.8, 4) is 0 Å². The van der Waals surface area contributed by atoms with Gasteiger partial charge in [-0.05, 0) is 61.8 Å². The summed E-state index contributed by atoms with van der Waals surface area (Å²) in [4.78, 5) is 26.0. The molecule has 0 atom stereocenters. The van der Waals surface area contributed by atoms with E-state index in [1.807, 2.05) is 11.0 Å². The number of aryl methyl sites for hydroxylation is 2. The maximum atomic E-state index is 12.5. The summed E-state index contributed by atoms with van der Waals surface area (Å²) >= 11 is 0. The summed E-state index contributed by atoms with van der Waals surface area (Å²) in [7, 11) is 0.